The lowest BCUT2D eigenvalue weighted by atomic mass is 9.98. The molecule has 1 aliphatic heterocycles. The van der Waals surface area contributed by atoms with Crippen LogP contribution in [-0.4, -0.2) is 118 Å². The molecule has 1 saturated heterocycles. The van der Waals surface area contributed by atoms with Gasteiger partial charge in [-0.3, -0.25) is 14.4 Å². The van der Waals surface area contributed by atoms with Crippen LogP contribution in [0, 0.1) is 0 Å². The SMILES string of the molecule is C=CCOC(=O)N[C@@H]1[C@@H](O)[C@@H](O)[C@@H](COC(=O)CNC(=O)[C@H](Cc2cnc[nH]2)NC(=O)OCC2c3ccccc3-c3ccccc32)O[C@@H]1SCCCC(N)=O. The summed E-state index contributed by atoms with van der Waals surface area (Å²) in [6.07, 6.45) is -1.37. The summed E-state index contributed by atoms with van der Waals surface area (Å²) < 4.78 is 21.8. The van der Waals surface area contributed by atoms with Gasteiger partial charge in [-0.25, -0.2) is 14.6 Å². The highest BCUT2D eigenvalue weighted by Gasteiger charge is 2.46. The van der Waals surface area contributed by atoms with Crippen LogP contribution in [0.3, 0.4) is 0 Å². The summed E-state index contributed by atoms with van der Waals surface area (Å²) >= 11 is 1.14. The van der Waals surface area contributed by atoms with Gasteiger partial charge in [0, 0.05) is 30.7 Å². The van der Waals surface area contributed by atoms with Crippen LogP contribution in [0.15, 0.2) is 73.7 Å². The zero-order valence-electron chi connectivity index (χ0n) is 29.8. The number of esters is 1. The number of primary amides is 1. The third-order valence-corrected chi connectivity index (χ3v) is 10.2. The summed E-state index contributed by atoms with van der Waals surface area (Å²) in [6.45, 7) is 2.26. The fraction of sp³-hybridized carbons (Fsp3) is 0.405. The molecule has 4 amide bonds. The Kier molecular flexibility index (Phi) is 14.6. The van der Waals surface area contributed by atoms with E-state index in [2.05, 4.69) is 32.5 Å². The van der Waals surface area contributed by atoms with E-state index in [1.807, 2.05) is 48.5 Å². The number of aliphatic hydroxyl groups is 2. The molecule has 2 heterocycles. The van der Waals surface area contributed by atoms with E-state index >= 15 is 0 Å². The summed E-state index contributed by atoms with van der Waals surface area (Å²) in [5.41, 5.74) is 8.98. The Bertz CT molecular complexity index is 1770. The molecule has 18 heteroatoms. The molecule has 2 aromatic carbocycles. The number of imidazole rings is 1. The van der Waals surface area contributed by atoms with Crippen LogP contribution in [-0.2, 0) is 39.8 Å². The van der Waals surface area contributed by atoms with Gasteiger partial charge in [-0.15, -0.1) is 11.8 Å². The number of carbonyl (C=O) groups is 5. The Labute approximate surface area is 320 Å². The second-order valence-electron chi connectivity index (χ2n) is 12.7. The molecule has 55 heavy (non-hydrogen) atoms. The molecule has 17 nitrogen and oxygen atoms in total. The largest absolute Gasteiger partial charge is 0.461 e. The first-order valence-electron chi connectivity index (χ1n) is 17.5. The molecule has 5 rings (SSSR count). The standard InChI is InChI=1S/C37H44N6O11S/c1-2-13-51-37(50)43-31-33(47)32(46)28(54-35(31)55-14-7-12-29(38)44)19-52-30(45)17-40-34(48)27(15-21-16-39-20-41-21)42-36(49)53-18-26-24-10-5-3-8-22(24)23-9-4-6-11-25(23)26/h2-6,8-11,16,20,26-28,31-33,35,46-47H,1,7,12-15,17-19H2,(H2,38,44)(H,39,41)(H,40,48)(H,42,49)(H,43,50)/t27-,28+,31+,32-,33+,35+/m0/s1. The van der Waals surface area contributed by atoms with Crippen LogP contribution in [0.5, 0.6) is 0 Å². The molecule has 0 radical (unpaired) electrons. The van der Waals surface area contributed by atoms with Crippen molar-refractivity contribution in [2.75, 3.05) is 32.1 Å². The number of hydrogen-bond acceptors (Lipinski definition) is 13. The van der Waals surface area contributed by atoms with Crippen LogP contribution < -0.4 is 21.7 Å². The molecule has 294 valence electrons. The van der Waals surface area contributed by atoms with Crippen molar-refractivity contribution in [2.45, 2.75) is 61.0 Å². The number of benzene rings is 2. The van der Waals surface area contributed by atoms with E-state index in [1.165, 1.54) is 18.6 Å². The van der Waals surface area contributed by atoms with Crippen molar-refractivity contribution in [3.63, 3.8) is 0 Å². The minimum absolute atomic E-state index is 0.0000978. The number of thioether (sulfide) groups is 1. The van der Waals surface area contributed by atoms with Gasteiger partial charge in [0.15, 0.2) is 0 Å². The molecule has 3 aromatic rings. The highest BCUT2D eigenvalue weighted by molar-refractivity contribution is 7.99. The lowest BCUT2D eigenvalue weighted by Gasteiger charge is -2.42. The smallest absolute Gasteiger partial charge is 0.407 e. The second-order valence-corrected chi connectivity index (χ2v) is 13.9. The predicted octanol–water partition coefficient (Wildman–Crippen LogP) is 1.25. The second kappa shape index (κ2) is 19.8. The fourth-order valence-electron chi connectivity index (χ4n) is 6.24. The molecule has 0 bridgehead atoms. The summed E-state index contributed by atoms with van der Waals surface area (Å²) in [5.74, 6) is -1.97. The highest BCUT2D eigenvalue weighted by atomic mass is 32.2. The predicted molar refractivity (Wildman–Crippen MR) is 198 cm³/mol. The maximum Gasteiger partial charge on any atom is 0.407 e. The molecule has 8 N–H and O–H groups in total. The third kappa shape index (κ3) is 11.1. The van der Waals surface area contributed by atoms with E-state index in [4.69, 9.17) is 24.7 Å². The van der Waals surface area contributed by atoms with Gasteiger partial charge in [-0.1, -0.05) is 61.2 Å². The summed E-state index contributed by atoms with van der Waals surface area (Å²) in [6, 6.07) is 13.5. The van der Waals surface area contributed by atoms with Gasteiger partial charge in [0.1, 0.15) is 56.2 Å². The lowest BCUT2D eigenvalue weighted by Crippen LogP contribution is -2.63. The first-order chi connectivity index (χ1) is 26.5. The van der Waals surface area contributed by atoms with Crippen molar-refractivity contribution in [1.82, 2.24) is 25.9 Å². The van der Waals surface area contributed by atoms with E-state index in [9.17, 15) is 34.2 Å². The molecule has 0 saturated carbocycles. The molecular formula is C37H44N6O11S. The van der Waals surface area contributed by atoms with E-state index in [-0.39, 0.29) is 32.0 Å². The maximum absolute atomic E-state index is 13.3. The van der Waals surface area contributed by atoms with E-state index in [0.717, 1.165) is 34.0 Å². The van der Waals surface area contributed by atoms with Crippen molar-refractivity contribution in [3.05, 3.63) is 90.5 Å². The Morgan fingerprint density at radius 2 is 1.69 bits per heavy atom. The maximum atomic E-state index is 13.3. The average Bonchev–Trinajstić information content (AvgIpc) is 3.81. The van der Waals surface area contributed by atoms with Crippen LogP contribution in [0.2, 0.25) is 0 Å². The number of nitrogens with zero attached hydrogens (tertiary/aromatic N) is 1. The minimum Gasteiger partial charge on any atom is -0.461 e. The van der Waals surface area contributed by atoms with Gasteiger partial charge >= 0.3 is 18.2 Å². The van der Waals surface area contributed by atoms with Crippen LogP contribution in [0.25, 0.3) is 11.1 Å². The number of alkyl carbamates (subject to hydrolysis) is 2. The van der Waals surface area contributed by atoms with Gasteiger partial charge in [0.2, 0.25) is 11.8 Å². The van der Waals surface area contributed by atoms with Crippen LogP contribution in [0.1, 0.15) is 35.6 Å². The number of aliphatic hydroxyl groups excluding tert-OH is 2. The number of hydrogen-bond donors (Lipinski definition) is 7. The van der Waals surface area contributed by atoms with E-state index in [1.54, 1.807) is 0 Å². The van der Waals surface area contributed by atoms with Crippen molar-refractivity contribution in [2.24, 2.45) is 5.73 Å². The van der Waals surface area contributed by atoms with Gasteiger partial charge in [0.05, 0.1) is 12.4 Å². The first-order valence-corrected chi connectivity index (χ1v) is 18.6. The van der Waals surface area contributed by atoms with Gasteiger partial charge < -0.3 is 55.8 Å². The average molecular weight is 781 g/mol. The molecule has 2 aliphatic rings. The number of nitrogens with two attached hydrogens (primary N) is 1. The summed E-state index contributed by atoms with van der Waals surface area (Å²) in [7, 11) is 0. The number of amides is 4. The fourth-order valence-corrected chi connectivity index (χ4v) is 7.44. The number of H-pyrrole nitrogens is 1. The van der Waals surface area contributed by atoms with Gasteiger partial charge in [-0.2, -0.15) is 0 Å². The van der Waals surface area contributed by atoms with Gasteiger partial charge in [0.25, 0.3) is 0 Å². The zero-order chi connectivity index (χ0) is 39.3. The van der Waals surface area contributed by atoms with Crippen molar-refractivity contribution in [3.8, 4) is 11.1 Å². The van der Waals surface area contributed by atoms with Crippen LogP contribution in [0.4, 0.5) is 9.59 Å². The topological polar surface area (TPSA) is 254 Å². The zero-order valence-corrected chi connectivity index (χ0v) is 30.6. The highest BCUT2D eigenvalue weighted by Crippen LogP contribution is 2.44. The number of fused-ring (bicyclic) bond motifs is 3. The van der Waals surface area contributed by atoms with Crippen molar-refractivity contribution in [1.29, 1.82) is 0 Å². The number of carbonyl (C=O) groups excluding carboxylic acids is 5. The molecular weight excluding hydrogens is 737 g/mol. The summed E-state index contributed by atoms with van der Waals surface area (Å²) in [5, 5.41) is 29.2. The minimum atomic E-state index is -1.60. The monoisotopic (exact) mass is 780 g/mol. The number of ether oxygens (including phenoxy) is 4. The Morgan fingerprint density at radius 3 is 2.35 bits per heavy atom. The van der Waals surface area contributed by atoms with Crippen molar-refractivity contribution < 1.29 is 53.1 Å². The third-order valence-electron chi connectivity index (χ3n) is 8.91. The quantitative estimate of drug-likeness (QED) is 0.0416. The molecule has 0 unspecified atom stereocenters. The van der Waals surface area contributed by atoms with Crippen molar-refractivity contribution >= 4 is 41.7 Å². The number of rotatable bonds is 18. The number of aromatic nitrogens is 2. The molecule has 1 aliphatic carbocycles. The molecule has 1 aromatic heterocycles. The molecule has 0 spiro atoms. The summed E-state index contributed by atoms with van der Waals surface area (Å²) in [4.78, 5) is 69.4. The number of nitrogens with one attached hydrogen (secondary N) is 4. The normalized spacial score (nSPS) is 20.6. The lowest BCUT2D eigenvalue weighted by molar-refractivity contribution is -0.182. The number of aromatic amines is 1. The van der Waals surface area contributed by atoms with E-state index < -0.39 is 79.0 Å². The van der Waals surface area contributed by atoms with E-state index in [0.29, 0.717) is 17.9 Å². The van der Waals surface area contributed by atoms with Gasteiger partial charge in [-0.05, 0) is 34.4 Å². The Morgan fingerprint density at radius 1 is 0.982 bits per heavy atom. The first kappa shape index (κ1) is 40.7. The molecule has 6 atom stereocenters. The Balaban J connectivity index is 1.14. The Hall–Kier alpha value is -5.43. The van der Waals surface area contributed by atoms with Crippen LogP contribution >= 0.6 is 11.8 Å². The molecule has 1 fully saturated rings.